The fourth-order valence-electron chi connectivity index (χ4n) is 5.41. The molecule has 13 nitrogen and oxygen atoms in total. The normalized spacial score (nSPS) is 11.6. The van der Waals surface area contributed by atoms with Crippen LogP contribution in [0.4, 0.5) is 27.5 Å². The number of hydrogen-bond acceptors (Lipinski definition) is 7. The van der Waals surface area contributed by atoms with Crippen LogP contribution in [0.2, 0.25) is 0 Å². The Morgan fingerprint density at radius 3 is 1.45 bits per heavy atom. The molecule has 0 aliphatic carbocycles. The molecule has 6 aromatic carbocycles. The van der Waals surface area contributed by atoms with Crippen molar-refractivity contribution in [2.45, 2.75) is 16.7 Å². The van der Waals surface area contributed by atoms with Gasteiger partial charge in [-0.25, -0.2) is 4.79 Å². The van der Waals surface area contributed by atoms with Gasteiger partial charge >= 0.3 is 6.03 Å². The number of carbonyl (C=O) groups is 3. The zero-order chi connectivity index (χ0) is 36.5. The third-order valence-corrected chi connectivity index (χ3v) is 9.60. The van der Waals surface area contributed by atoms with Crippen molar-refractivity contribution in [2.24, 2.45) is 0 Å². The van der Waals surface area contributed by atoms with Crippen molar-refractivity contribution in [3.63, 3.8) is 0 Å². The second kappa shape index (κ2) is 13.6. The third-order valence-electron chi connectivity index (χ3n) is 7.90. The molecule has 0 bridgehead atoms. The molecule has 0 aromatic heterocycles. The van der Waals surface area contributed by atoms with Crippen molar-refractivity contribution in [1.29, 1.82) is 0 Å². The quantitative estimate of drug-likeness (QED) is 0.0897. The topological polar surface area (TPSA) is 208 Å². The lowest BCUT2D eigenvalue weighted by molar-refractivity contribution is 0.102. The Hall–Kier alpha value is -6.13. The average Bonchev–Trinajstić information content (AvgIpc) is 3.08. The standard InChI is InChI=1S/C36H28N4O9S2/c1-21-6-2-3-9-31(21)40-36(43)37-26-17-24(34(41)38-32-10-4-7-22-19-27(50(44,45)46)12-14-29(22)32)16-25(18-26)35(42)39-33-11-5-8-23-20-28(51(47,48)49)13-15-30(23)33/h2-20H,1H3,(H,38,41)(H,39,42)(H2,37,40,43)(H,44,45,46)(H,47,48,49). The van der Waals surface area contributed by atoms with Crippen LogP contribution in [0.25, 0.3) is 21.5 Å². The first-order valence-electron chi connectivity index (χ1n) is 15.1. The smallest absolute Gasteiger partial charge is 0.321 e. The maximum Gasteiger partial charge on any atom is 0.323 e. The summed E-state index contributed by atoms with van der Waals surface area (Å²) >= 11 is 0. The van der Waals surface area contributed by atoms with E-state index in [0.29, 0.717) is 38.6 Å². The molecule has 0 spiro atoms. The Bertz CT molecular complexity index is 2480. The summed E-state index contributed by atoms with van der Waals surface area (Å²) in [5.41, 5.74) is 2.03. The van der Waals surface area contributed by atoms with Gasteiger partial charge in [0.05, 0.1) is 9.79 Å². The molecule has 0 unspecified atom stereocenters. The number of rotatable bonds is 8. The lowest BCUT2D eigenvalue weighted by Gasteiger charge is -2.14. The van der Waals surface area contributed by atoms with Crippen LogP contribution in [0, 0.1) is 6.92 Å². The number of aryl methyl sites for hydroxylation is 1. The zero-order valence-corrected chi connectivity index (χ0v) is 28.2. The van der Waals surface area contributed by atoms with Crippen molar-refractivity contribution in [3.05, 3.63) is 132 Å². The third kappa shape index (κ3) is 7.87. The van der Waals surface area contributed by atoms with E-state index in [1.54, 1.807) is 48.5 Å². The van der Waals surface area contributed by atoms with Crippen LogP contribution in [-0.4, -0.2) is 43.8 Å². The highest BCUT2D eigenvalue weighted by Gasteiger charge is 2.18. The maximum absolute atomic E-state index is 13.7. The predicted octanol–water partition coefficient (Wildman–Crippen LogP) is 6.94. The maximum atomic E-state index is 13.7. The predicted molar refractivity (Wildman–Crippen MR) is 194 cm³/mol. The number of amides is 4. The monoisotopic (exact) mass is 724 g/mol. The summed E-state index contributed by atoms with van der Waals surface area (Å²) in [5, 5.41) is 12.7. The molecule has 0 saturated carbocycles. The molecule has 4 amide bonds. The highest BCUT2D eigenvalue weighted by molar-refractivity contribution is 7.86. The van der Waals surface area contributed by atoms with Gasteiger partial charge in [-0.15, -0.1) is 0 Å². The molecule has 0 aliphatic heterocycles. The summed E-state index contributed by atoms with van der Waals surface area (Å²) in [6.45, 7) is 1.82. The summed E-state index contributed by atoms with van der Waals surface area (Å²) in [6.07, 6.45) is 0. The van der Waals surface area contributed by atoms with Gasteiger partial charge in [0, 0.05) is 44.6 Å². The highest BCUT2D eigenvalue weighted by Crippen LogP contribution is 2.29. The van der Waals surface area contributed by atoms with Gasteiger partial charge in [-0.3, -0.25) is 18.7 Å². The molecule has 258 valence electrons. The minimum Gasteiger partial charge on any atom is -0.321 e. The van der Waals surface area contributed by atoms with E-state index < -0.39 is 38.1 Å². The van der Waals surface area contributed by atoms with Crippen LogP contribution in [0.3, 0.4) is 0 Å². The summed E-state index contributed by atoms with van der Waals surface area (Å²) < 4.78 is 65.5. The molecule has 6 rings (SSSR count). The minimum absolute atomic E-state index is 0.0175. The molecule has 51 heavy (non-hydrogen) atoms. The number of hydrogen-bond donors (Lipinski definition) is 6. The number of anilines is 4. The molecule has 6 N–H and O–H groups in total. The van der Waals surface area contributed by atoms with Gasteiger partial charge in [0.15, 0.2) is 0 Å². The number of fused-ring (bicyclic) bond motifs is 2. The molecule has 15 heteroatoms. The fraction of sp³-hybridized carbons (Fsp3) is 0.0278. The number of urea groups is 1. The second-order valence-corrected chi connectivity index (χ2v) is 14.3. The van der Waals surface area contributed by atoms with Crippen molar-refractivity contribution in [1.82, 2.24) is 0 Å². The van der Waals surface area contributed by atoms with Gasteiger partial charge in [-0.1, -0.05) is 54.6 Å². The van der Waals surface area contributed by atoms with E-state index in [0.717, 1.165) is 5.56 Å². The van der Waals surface area contributed by atoms with Gasteiger partial charge in [0.25, 0.3) is 32.1 Å². The first-order valence-corrected chi connectivity index (χ1v) is 18.0. The van der Waals surface area contributed by atoms with Crippen LogP contribution in [-0.2, 0) is 20.2 Å². The number of carbonyl (C=O) groups excluding carboxylic acids is 3. The van der Waals surface area contributed by atoms with Crippen molar-refractivity contribution in [2.75, 3.05) is 21.3 Å². The van der Waals surface area contributed by atoms with E-state index in [9.17, 15) is 40.3 Å². The summed E-state index contributed by atoms with van der Waals surface area (Å²) in [6, 6.07) is 27.9. The molecule has 0 aliphatic rings. The van der Waals surface area contributed by atoms with Crippen molar-refractivity contribution >= 4 is 82.4 Å². The highest BCUT2D eigenvalue weighted by atomic mass is 32.2. The van der Waals surface area contributed by atoms with Gasteiger partial charge < -0.3 is 21.3 Å². The Morgan fingerprint density at radius 2 is 0.980 bits per heavy atom. The van der Waals surface area contributed by atoms with Crippen LogP contribution in [0.15, 0.2) is 125 Å². The molecule has 0 saturated heterocycles. The largest absolute Gasteiger partial charge is 0.323 e. The van der Waals surface area contributed by atoms with Gasteiger partial charge in [-0.2, -0.15) is 16.8 Å². The summed E-state index contributed by atoms with van der Waals surface area (Å²) in [4.78, 5) is 39.8. The van der Waals surface area contributed by atoms with Crippen LogP contribution in [0.1, 0.15) is 26.3 Å². The van der Waals surface area contributed by atoms with E-state index in [-0.39, 0.29) is 26.6 Å². The fourth-order valence-corrected chi connectivity index (χ4v) is 6.44. The minimum atomic E-state index is -4.47. The Morgan fingerprint density at radius 1 is 0.510 bits per heavy atom. The van der Waals surface area contributed by atoms with Gasteiger partial charge in [-0.05, 0) is 83.9 Å². The van der Waals surface area contributed by atoms with Gasteiger partial charge in [0.1, 0.15) is 0 Å². The molecule has 0 heterocycles. The first kappa shape index (κ1) is 34.7. The average molecular weight is 725 g/mol. The van der Waals surface area contributed by atoms with E-state index in [2.05, 4.69) is 21.3 Å². The summed E-state index contributed by atoms with van der Waals surface area (Å²) in [5.74, 6) is -1.33. The van der Waals surface area contributed by atoms with Crippen LogP contribution in [0.5, 0.6) is 0 Å². The van der Waals surface area contributed by atoms with Gasteiger partial charge in [0.2, 0.25) is 0 Å². The molecular weight excluding hydrogens is 697 g/mol. The Balaban J connectivity index is 1.34. The van der Waals surface area contributed by atoms with E-state index >= 15 is 0 Å². The molecular formula is C36H28N4O9S2. The van der Waals surface area contributed by atoms with Crippen LogP contribution < -0.4 is 21.3 Å². The molecule has 6 aromatic rings. The summed E-state index contributed by atoms with van der Waals surface area (Å²) in [7, 11) is -8.93. The number of para-hydroxylation sites is 1. The van der Waals surface area contributed by atoms with E-state index in [1.165, 1.54) is 54.6 Å². The number of nitrogens with one attached hydrogen (secondary N) is 4. The van der Waals surface area contributed by atoms with Crippen molar-refractivity contribution < 1.29 is 40.3 Å². The van der Waals surface area contributed by atoms with E-state index in [4.69, 9.17) is 0 Å². The SMILES string of the molecule is Cc1ccccc1NC(=O)Nc1cc(C(=O)Nc2cccc3cc(S(=O)(=O)O)ccc23)cc(C(=O)Nc2cccc3cc(S(=O)(=O)O)ccc23)c1. The Kier molecular flexibility index (Phi) is 9.29. The van der Waals surface area contributed by atoms with Crippen LogP contribution >= 0.6 is 0 Å². The van der Waals surface area contributed by atoms with Crippen molar-refractivity contribution in [3.8, 4) is 0 Å². The first-order chi connectivity index (χ1) is 24.2. The molecule has 0 radical (unpaired) electrons. The molecule has 0 fully saturated rings. The van der Waals surface area contributed by atoms with E-state index in [1.807, 2.05) is 19.1 Å². The zero-order valence-electron chi connectivity index (χ0n) is 26.5. The second-order valence-electron chi connectivity index (χ2n) is 11.4. The lowest BCUT2D eigenvalue weighted by atomic mass is 10.1. The molecule has 0 atom stereocenters. The lowest BCUT2D eigenvalue weighted by Crippen LogP contribution is -2.22. The number of benzene rings is 6. The Labute approximate surface area is 291 Å².